The van der Waals surface area contributed by atoms with E-state index < -0.39 is 11.6 Å². The predicted octanol–water partition coefficient (Wildman–Crippen LogP) is 1.25. The molecule has 3 aliphatic rings. The van der Waals surface area contributed by atoms with E-state index in [0.29, 0.717) is 12.8 Å². The number of nitrogens with one attached hydrogen (secondary N) is 1. The van der Waals surface area contributed by atoms with Crippen LogP contribution in [-0.2, 0) is 9.59 Å². The second-order valence-corrected chi connectivity index (χ2v) is 6.41. The number of urea groups is 1. The highest BCUT2D eigenvalue weighted by Gasteiger charge is 2.51. The fourth-order valence-electron chi connectivity index (χ4n) is 3.69. The molecule has 1 aliphatic carbocycles. The number of hydrogen-bond acceptors (Lipinski definition) is 3. The van der Waals surface area contributed by atoms with Gasteiger partial charge in [0.25, 0.3) is 5.91 Å². The number of nitrogens with zero attached hydrogens (tertiary/aromatic N) is 2. The standard InChI is InChI=1S/C15H23N3O3/c19-12(17-9-5-6-10-17)11-18-13(20)15(16-14(18)21)7-3-1-2-4-8-15/h1-11H2,(H,16,21). The van der Waals surface area contributed by atoms with E-state index in [4.69, 9.17) is 0 Å². The first-order chi connectivity index (χ1) is 10.1. The average molecular weight is 293 g/mol. The molecule has 3 fully saturated rings. The van der Waals surface area contributed by atoms with Gasteiger partial charge in [-0.2, -0.15) is 0 Å². The van der Waals surface area contributed by atoms with Crippen LogP contribution in [0.1, 0.15) is 51.4 Å². The smallest absolute Gasteiger partial charge is 0.325 e. The van der Waals surface area contributed by atoms with Gasteiger partial charge in [0, 0.05) is 13.1 Å². The second kappa shape index (κ2) is 5.66. The Bertz CT molecular complexity index is 449. The maximum Gasteiger partial charge on any atom is 0.325 e. The summed E-state index contributed by atoms with van der Waals surface area (Å²) in [5.74, 6) is -0.302. The van der Waals surface area contributed by atoms with Crippen LogP contribution in [-0.4, -0.2) is 52.8 Å². The van der Waals surface area contributed by atoms with E-state index in [-0.39, 0.29) is 18.4 Å². The molecule has 0 aromatic heterocycles. The first kappa shape index (κ1) is 14.4. The first-order valence-electron chi connectivity index (χ1n) is 8.04. The van der Waals surface area contributed by atoms with Gasteiger partial charge in [-0.1, -0.05) is 25.7 Å². The van der Waals surface area contributed by atoms with Crippen LogP contribution in [0.25, 0.3) is 0 Å². The lowest BCUT2D eigenvalue weighted by molar-refractivity contribution is -0.138. The summed E-state index contributed by atoms with van der Waals surface area (Å²) < 4.78 is 0. The third kappa shape index (κ3) is 2.63. The Labute approximate surface area is 124 Å². The summed E-state index contributed by atoms with van der Waals surface area (Å²) in [6.07, 6.45) is 7.55. The maximum atomic E-state index is 12.7. The maximum absolute atomic E-state index is 12.7. The molecule has 6 nitrogen and oxygen atoms in total. The first-order valence-corrected chi connectivity index (χ1v) is 8.04. The van der Waals surface area contributed by atoms with Crippen LogP contribution in [0.5, 0.6) is 0 Å². The van der Waals surface area contributed by atoms with Gasteiger partial charge in [0.2, 0.25) is 5.91 Å². The van der Waals surface area contributed by atoms with Crippen molar-refractivity contribution < 1.29 is 14.4 Å². The van der Waals surface area contributed by atoms with Gasteiger partial charge in [0.15, 0.2) is 0 Å². The molecule has 0 radical (unpaired) electrons. The van der Waals surface area contributed by atoms with Gasteiger partial charge in [-0.25, -0.2) is 4.79 Å². The summed E-state index contributed by atoms with van der Waals surface area (Å²) in [5, 5.41) is 2.87. The van der Waals surface area contributed by atoms with Gasteiger partial charge in [0.1, 0.15) is 12.1 Å². The zero-order chi connectivity index (χ0) is 14.9. The summed E-state index contributed by atoms with van der Waals surface area (Å²) in [5.41, 5.74) is -0.737. The molecule has 1 N–H and O–H groups in total. The lowest BCUT2D eigenvalue weighted by Gasteiger charge is -2.25. The van der Waals surface area contributed by atoms with Crippen LogP contribution in [0.15, 0.2) is 0 Å². The molecule has 0 unspecified atom stereocenters. The normalized spacial score (nSPS) is 25.3. The molecule has 116 valence electrons. The Morgan fingerprint density at radius 2 is 1.62 bits per heavy atom. The Morgan fingerprint density at radius 1 is 1.00 bits per heavy atom. The average Bonchev–Trinajstić information content (AvgIpc) is 2.99. The van der Waals surface area contributed by atoms with Crippen molar-refractivity contribution in [1.82, 2.24) is 15.1 Å². The largest absolute Gasteiger partial charge is 0.341 e. The van der Waals surface area contributed by atoms with Crippen LogP contribution in [0.2, 0.25) is 0 Å². The highest BCUT2D eigenvalue weighted by Crippen LogP contribution is 2.32. The number of imide groups is 1. The molecule has 2 saturated heterocycles. The van der Waals surface area contributed by atoms with Gasteiger partial charge in [0.05, 0.1) is 0 Å². The Hall–Kier alpha value is -1.59. The minimum atomic E-state index is -0.737. The predicted molar refractivity (Wildman–Crippen MR) is 76.5 cm³/mol. The number of hydrogen-bond donors (Lipinski definition) is 1. The summed E-state index contributed by atoms with van der Waals surface area (Å²) in [7, 11) is 0. The van der Waals surface area contributed by atoms with Gasteiger partial charge in [-0.15, -0.1) is 0 Å². The number of likely N-dealkylation sites (tertiary alicyclic amines) is 1. The highest BCUT2D eigenvalue weighted by atomic mass is 16.2. The minimum Gasteiger partial charge on any atom is -0.341 e. The summed E-state index contributed by atoms with van der Waals surface area (Å²) >= 11 is 0. The van der Waals surface area contributed by atoms with Crippen molar-refractivity contribution in [3.63, 3.8) is 0 Å². The molecule has 21 heavy (non-hydrogen) atoms. The lowest BCUT2D eigenvalue weighted by atomic mass is 9.90. The molecule has 3 rings (SSSR count). The zero-order valence-electron chi connectivity index (χ0n) is 12.4. The summed E-state index contributed by atoms with van der Waals surface area (Å²) in [6, 6.07) is -0.394. The van der Waals surface area contributed by atoms with Crippen molar-refractivity contribution in [2.24, 2.45) is 0 Å². The molecule has 0 aromatic rings. The summed E-state index contributed by atoms with van der Waals surface area (Å²) in [6.45, 7) is 1.38. The minimum absolute atomic E-state index is 0.105. The molecular weight excluding hydrogens is 270 g/mol. The fraction of sp³-hybridized carbons (Fsp3) is 0.800. The Morgan fingerprint density at radius 3 is 2.24 bits per heavy atom. The van der Waals surface area contributed by atoms with Crippen molar-refractivity contribution >= 4 is 17.8 Å². The number of rotatable bonds is 2. The third-order valence-corrected chi connectivity index (χ3v) is 4.96. The number of amides is 4. The Balaban J connectivity index is 1.69. The van der Waals surface area contributed by atoms with Gasteiger partial charge in [-0.3, -0.25) is 14.5 Å². The summed E-state index contributed by atoms with van der Waals surface area (Å²) in [4.78, 5) is 39.9. The van der Waals surface area contributed by atoms with Crippen molar-refractivity contribution in [1.29, 1.82) is 0 Å². The van der Waals surface area contributed by atoms with Crippen LogP contribution >= 0.6 is 0 Å². The molecule has 0 atom stereocenters. The van der Waals surface area contributed by atoms with Gasteiger partial charge >= 0.3 is 6.03 Å². The van der Waals surface area contributed by atoms with Crippen molar-refractivity contribution in [3.8, 4) is 0 Å². The number of carbonyl (C=O) groups excluding carboxylic acids is 3. The molecule has 6 heteroatoms. The van der Waals surface area contributed by atoms with E-state index in [1.54, 1.807) is 4.90 Å². The lowest BCUT2D eigenvalue weighted by Crippen LogP contribution is -2.47. The molecule has 2 heterocycles. The molecule has 1 saturated carbocycles. The molecule has 0 bridgehead atoms. The molecule has 0 aromatic carbocycles. The topological polar surface area (TPSA) is 69.7 Å². The van der Waals surface area contributed by atoms with Crippen LogP contribution < -0.4 is 5.32 Å². The van der Waals surface area contributed by atoms with Crippen molar-refractivity contribution in [3.05, 3.63) is 0 Å². The zero-order valence-corrected chi connectivity index (χ0v) is 12.4. The van der Waals surface area contributed by atoms with Crippen LogP contribution in [0, 0.1) is 0 Å². The second-order valence-electron chi connectivity index (χ2n) is 6.41. The van der Waals surface area contributed by atoms with Crippen LogP contribution in [0.3, 0.4) is 0 Å². The quantitative estimate of drug-likeness (QED) is 0.779. The van der Waals surface area contributed by atoms with E-state index in [0.717, 1.165) is 56.5 Å². The highest BCUT2D eigenvalue weighted by molar-refractivity contribution is 6.09. The molecule has 4 amide bonds. The van der Waals surface area contributed by atoms with E-state index in [1.807, 2.05) is 0 Å². The van der Waals surface area contributed by atoms with E-state index >= 15 is 0 Å². The monoisotopic (exact) mass is 293 g/mol. The molecule has 1 spiro atoms. The Kier molecular flexibility index (Phi) is 3.87. The van der Waals surface area contributed by atoms with Gasteiger partial charge < -0.3 is 10.2 Å². The van der Waals surface area contributed by atoms with E-state index in [1.165, 1.54) is 0 Å². The third-order valence-electron chi connectivity index (χ3n) is 4.96. The van der Waals surface area contributed by atoms with Gasteiger partial charge in [-0.05, 0) is 25.7 Å². The molecular formula is C15H23N3O3. The fourth-order valence-corrected chi connectivity index (χ4v) is 3.69. The van der Waals surface area contributed by atoms with Crippen molar-refractivity contribution in [2.45, 2.75) is 56.9 Å². The molecule has 2 aliphatic heterocycles. The van der Waals surface area contributed by atoms with E-state index in [2.05, 4.69) is 5.32 Å². The number of carbonyl (C=O) groups is 3. The van der Waals surface area contributed by atoms with E-state index in [9.17, 15) is 14.4 Å². The SMILES string of the molecule is O=C(CN1C(=O)NC2(CCCCCC2)C1=O)N1CCCC1. The van der Waals surface area contributed by atoms with Crippen molar-refractivity contribution in [2.75, 3.05) is 19.6 Å². The van der Waals surface area contributed by atoms with Crippen LogP contribution in [0.4, 0.5) is 4.79 Å².